The van der Waals surface area contributed by atoms with Gasteiger partial charge in [-0.15, -0.1) is 11.6 Å². The molecule has 84 valence electrons. The minimum atomic E-state index is -0.0627. The van der Waals surface area contributed by atoms with Crippen LogP contribution >= 0.6 is 11.6 Å². The maximum absolute atomic E-state index is 11.5. The fourth-order valence-corrected chi connectivity index (χ4v) is 1.70. The zero-order chi connectivity index (χ0) is 11.0. The molecule has 2 nitrogen and oxygen atoms in total. The maximum atomic E-state index is 11.5. The molecule has 0 fully saturated rings. The lowest BCUT2D eigenvalue weighted by molar-refractivity contribution is -0.122. The van der Waals surface area contributed by atoms with Crippen LogP contribution in [0, 0.1) is 0 Å². The molecule has 0 aliphatic carbocycles. The molecule has 0 atom stereocenters. The van der Waals surface area contributed by atoms with Gasteiger partial charge in [0.2, 0.25) is 5.91 Å². The van der Waals surface area contributed by atoms with Crippen molar-refractivity contribution in [1.82, 2.24) is 5.32 Å². The summed E-state index contributed by atoms with van der Waals surface area (Å²) in [7, 11) is 0. The molecule has 0 aliphatic rings. The predicted octanol–water partition coefficient (Wildman–Crippen LogP) is 3.09. The SMILES string of the molecule is CCCC(C)(C)NC(=O)CCCCCl. The van der Waals surface area contributed by atoms with Crippen molar-refractivity contribution >= 4 is 17.5 Å². The normalized spacial score (nSPS) is 11.4. The summed E-state index contributed by atoms with van der Waals surface area (Å²) in [5.41, 5.74) is -0.0627. The van der Waals surface area contributed by atoms with E-state index in [0.29, 0.717) is 12.3 Å². The Morgan fingerprint density at radius 2 is 2.00 bits per heavy atom. The third-order valence-electron chi connectivity index (χ3n) is 2.14. The third kappa shape index (κ3) is 7.19. The number of unbranched alkanes of at least 4 members (excludes halogenated alkanes) is 1. The molecule has 0 radical (unpaired) electrons. The summed E-state index contributed by atoms with van der Waals surface area (Å²) in [4.78, 5) is 11.5. The van der Waals surface area contributed by atoms with Crippen LogP contribution in [-0.4, -0.2) is 17.3 Å². The molecule has 0 aromatic carbocycles. The van der Waals surface area contributed by atoms with Gasteiger partial charge in [0, 0.05) is 17.8 Å². The average Bonchev–Trinajstić information content (AvgIpc) is 2.03. The van der Waals surface area contributed by atoms with Crippen LogP contribution in [0.15, 0.2) is 0 Å². The van der Waals surface area contributed by atoms with Crippen molar-refractivity contribution in [2.45, 2.75) is 58.4 Å². The molecule has 0 rings (SSSR count). The highest BCUT2D eigenvalue weighted by molar-refractivity contribution is 6.17. The first-order valence-corrected chi connectivity index (χ1v) is 5.92. The molecule has 0 heterocycles. The average molecular weight is 220 g/mol. The Hall–Kier alpha value is -0.240. The summed E-state index contributed by atoms with van der Waals surface area (Å²) in [6.45, 7) is 6.26. The van der Waals surface area contributed by atoms with Crippen LogP contribution in [-0.2, 0) is 4.79 Å². The molecule has 0 aromatic rings. The first-order chi connectivity index (χ1) is 6.52. The van der Waals surface area contributed by atoms with Crippen LogP contribution in [0.4, 0.5) is 0 Å². The number of nitrogens with one attached hydrogen (secondary N) is 1. The standard InChI is InChI=1S/C11H22ClNO/c1-4-8-11(2,3)13-10(14)7-5-6-9-12/h4-9H2,1-3H3,(H,13,14). The van der Waals surface area contributed by atoms with E-state index >= 15 is 0 Å². The Morgan fingerprint density at radius 3 is 2.50 bits per heavy atom. The van der Waals surface area contributed by atoms with Gasteiger partial charge in [-0.1, -0.05) is 13.3 Å². The van der Waals surface area contributed by atoms with E-state index in [1.165, 1.54) is 0 Å². The fourth-order valence-electron chi connectivity index (χ4n) is 1.51. The Labute approximate surface area is 92.4 Å². The van der Waals surface area contributed by atoms with Gasteiger partial charge in [-0.3, -0.25) is 4.79 Å². The van der Waals surface area contributed by atoms with Crippen LogP contribution in [0.3, 0.4) is 0 Å². The number of carbonyl (C=O) groups excluding carboxylic acids is 1. The largest absolute Gasteiger partial charge is 0.351 e. The summed E-state index contributed by atoms with van der Waals surface area (Å²) in [5.74, 6) is 0.791. The van der Waals surface area contributed by atoms with Crippen LogP contribution in [0.2, 0.25) is 0 Å². The summed E-state index contributed by atoms with van der Waals surface area (Å²) < 4.78 is 0. The second-order valence-corrected chi connectivity index (χ2v) is 4.71. The van der Waals surface area contributed by atoms with Gasteiger partial charge in [-0.05, 0) is 33.1 Å². The number of alkyl halides is 1. The number of hydrogen-bond donors (Lipinski definition) is 1. The van der Waals surface area contributed by atoms with Gasteiger partial charge < -0.3 is 5.32 Å². The summed E-state index contributed by atoms with van der Waals surface area (Å²) in [6, 6.07) is 0. The molecule has 0 saturated carbocycles. The smallest absolute Gasteiger partial charge is 0.220 e. The zero-order valence-electron chi connectivity index (χ0n) is 9.53. The van der Waals surface area contributed by atoms with Crippen LogP contribution in [0.25, 0.3) is 0 Å². The van der Waals surface area contributed by atoms with E-state index in [1.54, 1.807) is 0 Å². The molecule has 0 saturated heterocycles. The summed E-state index contributed by atoms with van der Waals surface area (Å²) in [5, 5.41) is 3.03. The van der Waals surface area contributed by atoms with Gasteiger partial charge in [0.1, 0.15) is 0 Å². The first kappa shape index (κ1) is 13.8. The van der Waals surface area contributed by atoms with Gasteiger partial charge in [-0.2, -0.15) is 0 Å². The van der Waals surface area contributed by atoms with Crippen molar-refractivity contribution in [1.29, 1.82) is 0 Å². The van der Waals surface area contributed by atoms with E-state index in [9.17, 15) is 4.79 Å². The minimum absolute atomic E-state index is 0.0627. The predicted molar refractivity (Wildman–Crippen MR) is 61.7 cm³/mol. The van der Waals surface area contributed by atoms with E-state index in [1.807, 2.05) is 0 Å². The molecule has 3 heteroatoms. The lowest BCUT2D eigenvalue weighted by Gasteiger charge is -2.25. The minimum Gasteiger partial charge on any atom is -0.351 e. The second-order valence-electron chi connectivity index (χ2n) is 4.33. The molecule has 0 aromatic heterocycles. The van der Waals surface area contributed by atoms with Crippen LogP contribution in [0.5, 0.6) is 0 Å². The summed E-state index contributed by atoms with van der Waals surface area (Å²) in [6.07, 6.45) is 4.52. The van der Waals surface area contributed by atoms with Gasteiger partial charge in [-0.25, -0.2) is 0 Å². The Balaban J connectivity index is 3.69. The van der Waals surface area contributed by atoms with Gasteiger partial charge in [0.15, 0.2) is 0 Å². The number of rotatable bonds is 7. The van der Waals surface area contributed by atoms with E-state index < -0.39 is 0 Å². The lowest BCUT2D eigenvalue weighted by Crippen LogP contribution is -2.43. The highest BCUT2D eigenvalue weighted by atomic mass is 35.5. The molecule has 0 aliphatic heterocycles. The Morgan fingerprint density at radius 1 is 1.36 bits per heavy atom. The Kier molecular flexibility index (Phi) is 6.98. The monoisotopic (exact) mass is 219 g/mol. The van der Waals surface area contributed by atoms with E-state index in [2.05, 4.69) is 26.1 Å². The fraction of sp³-hybridized carbons (Fsp3) is 0.909. The molecule has 1 amide bonds. The quantitative estimate of drug-likeness (QED) is 0.518. The summed E-state index contributed by atoms with van der Waals surface area (Å²) >= 11 is 5.54. The highest BCUT2D eigenvalue weighted by Crippen LogP contribution is 2.11. The molecular weight excluding hydrogens is 198 g/mol. The molecule has 0 unspecified atom stereocenters. The van der Waals surface area contributed by atoms with Crippen molar-refractivity contribution in [3.8, 4) is 0 Å². The van der Waals surface area contributed by atoms with Crippen molar-refractivity contribution in [2.75, 3.05) is 5.88 Å². The molecule has 1 N–H and O–H groups in total. The van der Waals surface area contributed by atoms with Crippen molar-refractivity contribution in [3.63, 3.8) is 0 Å². The van der Waals surface area contributed by atoms with Gasteiger partial charge in [0.05, 0.1) is 0 Å². The molecule has 14 heavy (non-hydrogen) atoms. The molecule has 0 spiro atoms. The van der Waals surface area contributed by atoms with Crippen molar-refractivity contribution < 1.29 is 4.79 Å². The lowest BCUT2D eigenvalue weighted by atomic mass is 9.98. The van der Waals surface area contributed by atoms with Gasteiger partial charge >= 0.3 is 0 Å². The van der Waals surface area contributed by atoms with Crippen LogP contribution < -0.4 is 5.32 Å². The van der Waals surface area contributed by atoms with Crippen molar-refractivity contribution in [3.05, 3.63) is 0 Å². The van der Waals surface area contributed by atoms with E-state index in [0.717, 1.165) is 25.7 Å². The number of amides is 1. The molecular formula is C11H22ClNO. The topological polar surface area (TPSA) is 29.1 Å². The second kappa shape index (κ2) is 7.10. The number of carbonyl (C=O) groups is 1. The zero-order valence-corrected chi connectivity index (χ0v) is 10.3. The highest BCUT2D eigenvalue weighted by Gasteiger charge is 2.18. The van der Waals surface area contributed by atoms with Gasteiger partial charge in [0.25, 0.3) is 0 Å². The number of halogens is 1. The molecule has 0 bridgehead atoms. The number of hydrogen-bond acceptors (Lipinski definition) is 1. The van der Waals surface area contributed by atoms with Crippen LogP contribution in [0.1, 0.15) is 52.9 Å². The van der Waals surface area contributed by atoms with E-state index in [4.69, 9.17) is 11.6 Å². The maximum Gasteiger partial charge on any atom is 0.220 e. The van der Waals surface area contributed by atoms with E-state index in [-0.39, 0.29) is 11.4 Å². The Bertz CT molecular complexity index is 169. The van der Waals surface area contributed by atoms with Crippen molar-refractivity contribution in [2.24, 2.45) is 0 Å². The first-order valence-electron chi connectivity index (χ1n) is 5.39. The third-order valence-corrected chi connectivity index (χ3v) is 2.41.